The molecule has 1 heterocycles. The predicted molar refractivity (Wildman–Crippen MR) is 90.2 cm³/mol. The number of alkyl halides is 3. The maximum atomic E-state index is 12.4. The molecule has 4 nitrogen and oxygen atoms in total. The number of halogens is 4. The van der Waals surface area contributed by atoms with E-state index in [1.165, 1.54) is 0 Å². The van der Waals surface area contributed by atoms with Gasteiger partial charge in [-0.2, -0.15) is 13.2 Å². The van der Waals surface area contributed by atoms with E-state index in [-0.39, 0.29) is 30.5 Å². The molecule has 21 heavy (non-hydrogen) atoms. The molecular weight excluding hydrogens is 416 g/mol. The zero-order valence-corrected chi connectivity index (χ0v) is 14.8. The molecule has 0 fully saturated rings. The van der Waals surface area contributed by atoms with Gasteiger partial charge in [0.1, 0.15) is 5.01 Å². The Morgan fingerprint density at radius 2 is 2.14 bits per heavy atom. The van der Waals surface area contributed by atoms with Crippen molar-refractivity contribution in [3.63, 3.8) is 0 Å². The Morgan fingerprint density at radius 3 is 2.67 bits per heavy atom. The quantitative estimate of drug-likeness (QED) is 0.246. The summed E-state index contributed by atoms with van der Waals surface area (Å²) in [4.78, 5) is 7.52. The monoisotopic (exact) mass is 434 g/mol. The van der Waals surface area contributed by atoms with Crippen LogP contribution in [0.15, 0.2) is 22.5 Å². The third-order valence-electron chi connectivity index (χ3n) is 2.31. The van der Waals surface area contributed by atoms with Crippen molar-refractivity contribution in [1.29, 1.82) is 0 Å². The van der Waals surface area contributed by atoms with Crippen LogP contribution in [0.25, 0.3) is 0 Å². The Labute approximate surface area is 143 Å². The molecule has 0 aromatic carbocycles. The molecule has 120 valence electrons. The fraction of sp³-hybridized carbons (Fsp3) is 0.500. The van der Waals surface area contributed by atoms with Crippen LogP contribution in [0.4, 0.5) is 13.2 Å². The molecule has 0 aliphatic carbocycles. The summed E-state index contributed by atoms with van der Waals surface area (Å²) in [5, 5.41) is 7.36. The van der Waals surface area contributed by atoms with Gasteiger partial charge in [0, 0.05) is 19.0 Å². The first kappa shape index (κ1) is 20.2. The van der Waals surface area contributed by atoms with Crippen molar-refractivity contribution < 1.29 is 13.2 Å². The van der Waals surface area contributed by atoms with Gasteiger partial charge in [0.15, 0.2) is 11.7 Å². The fourth-order valence-corrected chi connectivity index (χ4v) is 2.08. The van der Waals surface area contributed by atoms with Crippen molar-refractivity contribution in [2.75, 3.05) is 13.6 Å². The van der Waals surface area contributed by atoms with Gasteiger partial charge >= 0.3 is 6.18 Å². The minimum Gasteiger partial charge on any atom is -0.356 e. The molecular formula is C12H18F3IN4S. The molecule has 1 aromatic rings. The second-order valence-electron chi connectivity index (χ2n) is 3.83. The van der Waals surface area contributed by atoms with Crippen molar-refractivity contribution in [3.05, 3.63) is 28.2 Å². The van der Waals surface area contributed by atoms with Crippen molar-refractivity contribution >= 4 is 41.3 Å². The molecule has 0 atom stereocenters. The van der Waals surface area contributed by atoms with Crippen LogP contribution in [0.3, 0.4) is 0 Å². The zero-order chi connectivity index (χ0) is 15.0. The molecule has 0 amide bonds. The SMILES string of the molecule is C/C=C/CCNC(=NC)NCc1nc(C(F)(F)F)cs1.I. The summed E-state index contributed by atoms with van der Waals surface area (Å²) < 4.78 is 37.2. The average Bonchev–Trinajstić information content (AvgIpc) is 2.87. The summed E-state index contributed by atoms with van der Waals surface area (Å²) in [6.07, 6.45) is 0.427. The lowest BCUT2D eigenvalue weighted by Gasteiger charge is -2.09. The van der Waals surface area contributed by atoms with Gasteiger partial charge in [-0.1, -0.05) is 12.2 Å². The molecule has 1 rings (SSSR count). The van der Waals surface area contributed by atoms with Gasteiger partial charge < -0.3 is 10.6 Å². The van der Waals surface area contributed by atoms with Crippen molar-refractivity contribution in [2.45, 2.75) is 26.1 Å². The maximum absolute atomic E-state index is 12.4. The number of allylic oxidation sites excluding steroid dienone is 1. The van der Waals surface area contributed by atoms with Crippen LogP contribution in [0.5, 0.6) is 0 Å². The van der Waals surface area contributed by atoms with Gasteiger partial charge in [0.25, 0.3) is 0 Å². The van der Waals surface area contributed by atoms with Gasteiger partial charge in [-0.05, 0) is 13.3 Å². The van der Waals surface area contributed by atoms with Crippen LogP contribution in [-0.2, 0) is 12.7 Å². The van der Waals surface area contributed by atoms with E-state index in [9.17, 15) is 13.2 Å². The lowest BCUT2D eigenvalue weighted by molar-refractivity contribution is -0.140. The standard InChI is InChI=1S/C12H17F3N4S.HI/c1-3-4-5-6-17-11(16-2)18-7-10-19-9(8-20-10)12(13,14)15;/h3-4,8H,5-7H2,1-2H3,(H2,16,17,18);1H/b4-3+;. The number of nitrogens with one attached hydrogen (secondary N) is 2. The molecule has 0 saturated heterocycles. The van der Waals surface area contributed by atoms with Crippen LogP contribution in [0, 0.1) is 0 Å². The molecule has 0 bridgehead atoms. The summed E-state index contributed by atoms with van der Waals surface area (Å²) in [5.74, 6) is 0.540. The normalized spacial score (nSPS) is 12.3. The Morgan fingerprint density at radius 1 is 1.43 bits per heavy atom. The summed E-state index contributed by atoms with van der Waals surface area (Å²) in [6, 6.07) is 0. The Bertz CT molecular complexity index is 471. The minimum atomic E-state index is -4.39. The van der Waals surface area contributed by atoms with Gasteiger partial charge in [-0.15, -0.1) is 35.3 Å². The van der Waals surface area contributed by atoms with Gasteiger partial charge in [0.05, 0.1) is 6.54 Å². The molecule has 0 spiro atoms. The Balaban J connectivity index is 0.00000400. The van der Waals surface area contributed by atoms with Crippen molar-refractivity contribution in [1.82, 2.24) is 15.6 Å². The second-order valence-corrected chi connectivity index (χ2v) is 4.78. The summed E-state index contributed by atoms with van der Waals surface area (Å²) in [5.41, 5.74) is -0.852. The van der Waals surface area contributed by atoms with E-state index in [2.05, 4.69) is 20.6 Å². The number of hydrogen-bond donors (Lipinski definition) is 2. The number of aliphatic imine (C=N–C) groups is 1. The van der Waals surface area contributed by atoms with E-state index in [1.54, 1.807) is 7.05 Å². The Hall–Kier alpha value is -0.840. The molecule has 0 aliphatic rings. The van der Waals surface area contributed by atoms with Gasteiger partial charge in [-0.3, -0.25) is 4.99 Å². The largest absolute Gasteiger partial charge is 0.434 e. The van der Waals surface area contributed by atoms with Crippen LogP contribution in [0.1, 0.15) is 24.0 Å². The number of guanidine groups is 1. The van der Waals surface area contributed by atoms with E-state index in [0.29, 0.717) is 17.5 Å². The van der Waals surface area contributed by atoms with Crippen molar-refractivity contribution in [3.8, 4) is 0 Å². The van der Waals surface area contributed by atoms with E-state index in [1.807, 2.05) is 19.1 Å². The third-order valence-corrected chi connectivity index (χ3v) is 3.16. The topological polar surface area (TPSA) is 49.3 Å². The van der Waals surface area contributed by atoms with Gasteiger partial charge in [-0.25, -0.2) is 4.98 Å². The van der Waals surface area contributed by atoms with Crippen molar-refractivity contribution in [2.24, 2.45) is 4.99 Å². The molecule has 1 aromatic heterocycles. The molecule has 0 unspecified atom stereocenters. The maximum Gasteiger partial charge on any atom is 0.434 e. The minimum absolute atomic E-state index is 0. The molecule has 0 saturated carbocycles. The number of hydrogen-bond acceptors (Lipinski definition) is 3. The van der Waals surface area contributed by atoms with E-state index >= 15 is 0 Å². The lowest BCUT2D eigenvalue weighted by Crippen LogP contribution is -2.37. The summed E-state index contributed by atoms with van der Waals surface area (Å²) >= 11 is 0.973. The van der Waals surface area contributed by atoms with Crippen LogP contribution in [-0.4, -0.2) is 24.5 Å². The fourth-order valence-electron chi connectivity index (χ4n) is 1.34. The van der Waals surface area contributed by atoms with E-state index in [0.717, 1.165) is 23.1 Å². The number of thiazole rings is 1. The second kappa shape index (κ2) is 9.98. The first-order chi connectivity index (χ1) is 9.47. The van der Waals surface area contributed by atoms with Crippen LogP contribution >= 0.6 is 35.3 Å². The molecule has 0 radical (unpaired) electrons. The Kier molecular flexibility index (Phi) is 9.58. The third kappa shape index (κ3) is 7.65. The molecule has 9 heteroatoms. The highest BCUT2D eigenvalue weighted by Crippen LogP contribution is 2.29. The number of nitrogens with zero attached hydrogens (tertiary/aromatic N) is 2. The summed E-state index contributed by atoms with van der Waals surface area (Å²) in [7, 11) is 1.61. The lowest BCUT2D eigenvalue weighted by atomic mass is 10.4. The van der Waals surface area contributed by atoms with Crippen LogP contribution < -0.4 is 10.6 Å². The van der Waals surface area contributed by atoms with Gasteiger partial charge in [0.2, 0.25) is 0 Å². The zero-order valence-electron chi connectivity index (χ0n) is 11.7. The highest BCUT2D eigenvalue weighted by Gasteiger charge is 2.33. The number of rotatable bonds is 5. The highest BCUT2D eigenvalue weighted by atomic mass is 127. The van der Waals surface area contributed by atoms with E-state index < -0.39 is 11.9 Å². The van der Waals surface area contributed by atoms with Crippen LogP contribution in [0.2, 0.25) is 0 Å². The highest BCUT2D eigenvalue weighted by molar-refractivity contribution is 14.0. The molecule has 0 aliphatic heterocycles. The summed E-state index contributed by atoms with van der Waals surface area (Å²) in [6.45, 7) is 2.85. The smallest absolute Gasteiger partial charge is 0.356 e. The van der Waals surface area contributed by atoms with E-state index in [4.69, 9.17) is 0 Å². The average molecular weight is 434 g/mol. The predicted octanol–water partition coefficient (Wildman–Crippen LogP) is 3.41. The first-order valence-electron chi connectivity index (χ1n) is 6.04. The number of aromatic nitrogens is 1. The first-order valence-corrected chi connectivity index (χ1v) is 6.92. The molecule has 2 N–H and O–H groups in total.